The van der Waals surface area contributed by atoms with Crippen LogP contribution in [0.15, 0.2) is 11.1 Å². The molecule has 0 bridgehead atoms. The van der Waals surface area contributed by atoms with Gasteiger partial charge in [0.2, 0.25) is 0 Å². The Kier molecular flexibility index (Phi) is 10.3. The Morgan fingerprint density at radius 2 is 1.56 bits per heavy atom. The molecule has 3 heteroatoms. The van der Waals surface area contributed by atoms with Crippen molar-refractivity contribution in [1.82, 2.24) is 0 Å². The molecule has 4 aliphatic carbocycles. The summed E-state index contributed by atoms with van der Waals surface area (Å²) in [5, 5.41) is 19.4. The van der Waals surface area contributed by atoms with E-state index in [1.54, 1.807) is 5.57 Å². The minimum atomic E-state index is -0.657. The van der Waals surface area contributed by atoms with Crippen LogP contribution in [0.3, 0.4) is 0 Å². The third-order valence-electron chi connectivity index (χ3n) is 10.9. The molecule has 0 saturated heterocycles. The number of unbranched alkanes of at least 4 members (excludes halogenated alkanes) is 2. The molecule has 3 nitrogen and oxygen atoms in total. The maximum atomic E-state index is 10.8. The average Bonchev–Trinajstić information content (AvgIpc) is 3.10. The zero-order chi connectivity index (χ0) is 25.7. The van der Waals surface area contributed by atoms with Gasteiger partial charge in [0.25, 0.3) is 0 Å². The van der Waals surface area contributed by atoms with Crippen LogP contribution in [-0.2, 0) is 4.79 Å². The summed E-state index contributed by atoms with van der Waals surface area (Å²) in [5.41, 5.74) is 4.69. The van der Waals surface area contributed by atoms with Crippen molar-refractivity contribution >= 4 is 5.97 Å². The predicted molar refractivity (Wildman–Crippen MR) is 144 cm³/mol. The molecular formula is C31H56O3. The van der Waals surface area contributed by atoms with Gasteiger partial charge in [-0.25, -0.2) is 0 Å². The second-order valence-corrected chi connectivity index (χ2v) is 12.0. The van der Waals surface area contributed by atoms with Crippen molar-refractivity contribution in [3.05, 3.63) is 11.1 Å². The van der Waals surface area contributed by atoms with E-state index in [-0.39, 0.29) is 6.10 Å². The normalized spacial score (nSPS) is 40.6. The van der Waals surface area contributed by atoms with E-state index in [1.165, 1.54) is 57.8 Å². The molecule has 0 aromatic carbocycles. The molecule has 4 rings (SSSR count). The predicted octanol–water partition coefficient (Wildman–Crippen LogP) is 8.79. The van der Waals surface area contributed by atoms with Crippen LogP contribution in [0.4, 0.5) is 0 Å². The molecule has 7 unspecified atom stereocenters. The molecule has 0 amide bonds. The zero-order valence-electron chi connectivity index (χ0n) is 23.8. The molecule has 0 aromatic heterocycles. The van der Waals surface area contributed by atoms with Crippen LogP contribution in [-0.4, -0.2) is 22.3 Å². The number of aliphatic hydroxyl groups excluding tert-OH is 1. The first-order valence-electron chi connectivity index (χ1n) is 14.8. The highest BCUT2D eigenvalue weighted by atomic mass is 16.4. The largest absolute Gasteiger partial charge is 0.481 e. The number of carboxylic acids is 1. The van der Waals surface area contributed by atoms with E-state index in [2.05, 4.69) is 27.7 Å². The molecular weight excluding hydrogens is 420 g/mol. The number of carbonyl (C=O) groups is 1. The van der Waals surface area contributed by atoms with Gasteiger partial charge in [0, 0.05) is 6.42 Å². The Balaban J connectivity index is 0.000000970. The molecule has 198 valence electrons. The number of aliphatic carboxylic acids is 1. The Morgan fingerprint density at radius 1 is 0.882 bits per heavy atom. The van der Waals surface area contributed by atoms with E-state index in [9.17, 15) is 9.90 Å². The van der Waals surface area contributed by atoms with Crippen molar-refractivity contribution in [2.75, 3.05) is 0 Å². The Morgan fingerprint density at radius 3 is 2.21 bits per heavy atom. The highest BCUT2D eigenvalue weighted by Crippen LogP contribution is 2.71. The number of carboxylic acid groups (broad SMARTS) is 1. The van der Waals surface area contributed by atoms with Gasteiger partial charge in [0.1, 0.15) is 0 Å². The zero-order valence-corrected chi connectivity index (χ0v) is 23.8. The second kappa shape index (κ2) is 11.9. The highest BCUT2D eigenvalue weighted by molar-refractivity contribution is 5.66. The number of aliphatic hydroxyl groups is 1. The molecule has 0 aromatic rings. The van der Waals surface area contributed by atoms with Crippen LogP contribution >= 0.6 is 0 Å². The molecule has 2 N–H and O–H groups in total. The van der Waals surface area contributed by atoms with Crippen LogP contribution < -0.4 is 0 Å². The lowest BCUT2D eigenvalue weighted by atomic mass is 9.45. The molecule has 4 aliphatic rings. The van der Waals surface area contributed by atoms with Gasteiger partial charge in [-0.3, -0.25) is 4.79 Å². The molecule has 0 radical (unpaired) electrons. The second-order valence-electron chi connectivity index (χ2n) is 12.0. The van der Waals surface area contributed by atoms with Crippen LogP contribution in [0.25, 0.3) is 0 Å². The summed E-state index contributed by atoms with van der Waals surface area (Å²) in [6.07, 6.45) is 14.5. The lowest BCUT2D eigenvalue weighted by Gasteiger charge is -2.59. The van der Waals surface area contributed by atoms with E-state index < -0.39 is 5.97 Å². The molecule has 34 heavy (non-hydrogen) atoms. The van der Waals surface area contributed by atoms with Crippen molar-refractivity contribution < 1.29 is 15.0 Å². The third kappa shape index (κ3) is 5.02. The summed E-state index contributed by atoms with van der Waals surface area (Å²) >= 11 is 0. The van der Waals surface area contributed by atoms with Crippen LogP contribution in [0.1, 0.15) is 139 Å². The number of allylic oxidation sites excluding steroid dienone is 2. The van der Waals surface area contributed by atoms with Crippen LogP contribution in [0.5, 0.6) is 0 Å². The maximum Gasteiger partial charge on any atom is 0.303 e. The molecule has 2 saturated carbocycles. The average molecular weight is 477 g/mol. The number of fused-ring (bicyclic) bond motifs is 4. The summed E-state index contributed by atoms with van der Waals surface area (Å²) in [6.45, 7) is 18.0. The molecule has 0 spiro atoms. The summed E-state index contributed by atoms with van der Waals surface area (Å²) in [7, 11) is 0. The lowest BCUT2D eigenvalue weighted by molar-refractivity contribution is -0.137. The van der Waals surface area contributed by atoms with Crippen LogP contribution in [0.2, 0.25) is 0 Å². The van der Waals surface area contributed by atoms with Gasteiger partial charge in [-0.15, -0.1) is 0 Å². The summed E-state index contributed by atoms with van der Waals surface area (Å²) < 4.78 is 0. The maximum absolute atomic E-state index is 10.8. The minimum Gasteiger partial charge on any atom is -0.481 e. The first-order valence-corrected chi connectivity index (χ1v) is 14.8. The molecule has 0 heterocycles. The minimum absolute atomic E-state index is 0.105. The van der Waals surface area contributed by atoms with Crippen molar-refractivity contribution in [2.45, 2.75) is 145 Å². The number of hydrogen-bond donors (Lipinski definition) is 2. The highest BCUT2D eigenvalue weighted by Gasteiger charge is 2.61. The first kappa shape index (κ1) is 29.4. The van der Waals surface area contributed by atoms with E-state index in [0.29, 0.717) is 34.5 Å². The van der Waals surface area contributed by atoms with Crippen LogP contribution in [0, 0.1) is 34.0 Å². The topological polar surface area (TPSA) is 57.5 Å². The Hall–Kier alpha value is -0.830. The van der Waals surface area contributed by atoms with Gasteiger partial charge in [-0.05, 0) is 98.2 Å². The first-order chi connectivity index (χ1) is 16.1. The van der Waals surface area contributed by atoms with Gasteiger partial charge in [0.15, 0.2) is 0 Å². The van der Waals surface area contributed by atoms with E-state index in [4.69, 9.17) is 5.11 Å². The van der Waals surface area contributed by atoms with Gasteiger partial charge in [-0.1, -0.05) is 79.4 Å². The van der Waals surface area contributed by atoms with E-state index in [0.717, 1.165) is 25.2 Å². The van der Waals surface area contributed by atoms with Crippen molar-refractivity contribution in [2.24, 2.45) is 34.0 Å². The molecule has 0 aliphatic heterocycles. The van der Waals surface area contributed by atoms with Gasteiger partial charge in [-0.2, -0.15) is 0 Å². The molecule has 2 fully saturated rings. The third-order valence-corrected chi connectivity index (χ3v) is 10.9. The standard InChI is InChI=1S/C27H44O3.2C2H6/c1-18-20-10-11-22-21(25(20,2)15-14-23(18)28)13-17-26(3)19(12-16-27(22,26)4)8-6-5-7-9-24(29)30;2*1-2/h18-20,23,28H,5-17H2,1-4H3,(H,29,30);2*1-2H3. The fourth-order valence-electron chi connectivity index (χ4n) is 8.73. The van der Waals surface area contributed by atoms with Crippen molar-refractivity contribution in [1.29, 1.82) is 0 Å². The smallest absolute Gasteiger partial charge is 0.303 e. The van der Waals surface area contributed by atoms with Crippen molar-refractivity contribution in [3.8, 4) is 0 Å². The fourth-order valence-corrected chi connectivity index (χ4v) is 8.73. The van der Waals surface area contributed by atoms with Gasteiger partial charge >= 0.3 is 5.97 Å². The SMILES string of the molecule is CC.CC.CC1C(O)CCC2(C)C3=C(CCC12)C1(C)CCC(CCCCCC(=O)O)C1(C)CC3. The van der Waals surface area contributed by atoms with E-state index in [1.807, 2.05) is 33.3 Å². The van der Waals surface area contributed by atoms with Gasteiger partial charge in [0.05, 0.1) is 6.10 Å². The Bertz CT molecular complexity index is 711. The van der Waals surface area contributed by atoms with E-state index >= 15 is 0 Å². The van der Waals surface area contributed by atoms with Gasteiger partial charge < -0.3 is 10.2 Å². The summed E-state index contributed by atoms with van der Waals surface area (Å²) in [4.78, 5) is 10.8. The number of hydrogen-bond acceptors (Lipinski definition) is 2. The quantitative estimate of drug-likeness (QED) is 0.297. The summed E-state index contributed by atoms with van der Waals surface area (Å²) in [6, 6.07) is 0. The van der Waals surface area contributed by atoms with Crippen molar-refractivity contribution in [3.63, 3.8) is 0 Å². The lowest BCUT2D eigenvalue weighted by Crippen LogP contribution is -2.51. The monoisotopic (exact) mass is 476 g/mol. The fraction of sp³-hybridized carbons (Fsp3) is 0.903. The number of rotatable bonds is 6. The molecule has 7 atom stereocenters. The Labute approximate surface area is 211 Å². The summed E-state index contributed by atoms with van der Waals surface area (Å²) in [5.74, 6) is 1.22.